The van der Waals surface area contributed by atoms with E-state index in [1.165, 1.54) is 73.9 Å². The summed E-state index contributed by atoms with van der Waals surface area (Å²) in [5.74, 6) is 1.97. The topological polar surface area (TPSA) is 51.4 Å². The lowest BCUT2D eigenvalue weighted by molar-refractivity contribution is 0.0145. The van der Waals surface area contributed by atoms with Crippen molar-refractivity contribution in [2.24, 2.45) is 0 Å². The molecule has 3 aliphatic heterocycles. The van der Waals surface area contributed by atoms with E-state index in [2.05, 4.69) is 27.8 Å². The summed E-state index contributed by atoms with van der Waals surface area (Å²) in [7, 11) is 0. The molecule has 0 aromatic carbocycles. The number of ether oxygens (including phenoxy) is 1. The molecule has 155 valence electrons. The average Bonchev–Trinajstić information content (AvgIpc) is 3.35. The van der Waals surface area contributed by atoms with E-state index in [0.717, 1.165) is 44.0 Å². The van der Waals surface area contributed by atoms with Gasteiger partial charge < -0.3 is 14.1 Å². The van der Waals surface area contributed by atoms with Gasteiger partial charge in [-0.15, -0.1) is 0 Å². The number of anilines is 1. The molecule has 0 spiro atoms. The molecule has 0 N–H and O–H groups in total. The lowest BCUT2D eigenvalue weighted by atomic mass is 9.89. The van der Waals surface area contributed by atoms with Gasteiger partial charge in [0.05, 0.1) is 18.0 Å². The summed E-state index contributed by atoms with van der Waals surface area (Å²) < 4.78 is 12.0. The molecule has 3 aliphatic rings. The third-order valence-electron chi connectivity index (χ3n) is 6.42. The van der Waals surface area contributed by atoms with Crippen molar-refractivity contribution >= 4 is 17.4 Å². The maximum Gasteiger partial charge on any atom is 0.181 e. The summed E-state index contributed by atoms with van der Waals surface area (Å²) in [6.07, 6.45) is 17.9. The van der Waals surface area contributed by atoms with E-state index in [1.54, 1.807) is 6.20 Å². The second-order valence-electron chi connectivity index (χ2n) is 8.37. The standard InChI is InChI=1S/C23H30N3O2S/c1-4-10-26(11-5-1)17-14-25-23(19-15-24-16-28-19)22(18-8-2-6-12-27-18)21(17)20-9-3-7-13-29-20/h15-16,18,20H,1-13H2. The van der Waals surface area contributed by atoms with Crippen molar-refractivity contribution < 1.29 is 9.15 Å². The highest BCUT2D eigenvalue weighted by atomic mass is 32.2. The minimum absolute atomic E-state index is 0.0898. The first-order valence-electron chi connectivity index (χ1n) is 11.2. The molecule has 0 aliphatic carbocycles. The molecule has 6 heteroatoms. The number of pyridine rings is 1. The average molecular weight is 413 g/mol. The van der Waals surface area contributed by atoms with Crippen molar-refractivity contribution in [3.63, 3.8) is 0 Å². The zero-order valence-corrected chi connectivity index (χ0v) is 17.9. The van der Waals surface area contributed by atoms with Crippen LogP contribution in [0.15, 0.2) is 17.0 Å². The van der Waals surface area contributed by atoms with E-state index in [-0.39, 0.29) is 6.10 Å². The van der Waals surface area contributed by atoms with Crippen LogP contribution in [-0.4, -0.2) is 35.4 Å². The number of thioether (sulfide) groups is 1. The largest absolute Gasteiger partial charge is 0.442 e. The quantitative estimate of drug-likeness (QED) is 0.639. The highest BCUT2D eigenvalue weighted by molar-refractivity contribution is 7.99. The highest BCUT2D eigenvalue weighted by Crippen LogP contribution is 2.49. The van der Waals surface area contributed by atoms with Crippen LogP contribution in [0.2, 0.25) is 0 Å². The molecule has 3 saturated heterocycles. The second-order valence-corrected chi connectivity index (χ2v) is 9.68. The van der Waals surface area contributed by atoms with Crippen LogP contribution in [0.25, 0.3) is 11.5 Å². The third-order valence-corrected chi connectivity index (χ3v) is 7.81. The Morgan fingerprint density at radius 1 is 1.00 bits per heavy atom. The molecule has 2 aromatic heterocycles. The van der Waals surface area contributed by atoms with Crippen molar-refractivity contribution in [3.8, 4) is 11.5 Å². The van der Waals surface area contributed by atoms with E-state index < -0.39 is 0 Å². The van der Waals surface area contributed by atoms with Gasteiger partial charge in [0, 0.05) is 30.5 Å². The minimum Gasteiger partial charge on any atom is -0.442 e. The maximum absolute atomic E-state index is 6.33. The molecule has 29 heavy (non-hydrogen) atoms. The Morgan fingerprint density at radius 2 is 1.90 bits per heavy atom. The number of hydrogen-bond acceptors (Lipinski definition) is 6. The van der Waals surface area contributed by atoms with Gasteiger partial charge in [-0.05, 0) is 62.7 Å². The van der Waals surface area contributed by atoms with Gasteiger partial charge in [-0.1, -0.05) is 6.42 Å². The van der Waals surface area contributed by atoms with E-state index >= 15 is 0 Å². The van der Waals surface area contributed by atoms with E-state index in [1.807, 2.05) is 0 Å². The molecule has 1 radical (unpaired) electrons. The van der Waals surface area contributed by atoms with Gasteiger partial charge in [0.15, 0.2) is 12.2 Å². The molecular weight excluding hydrogens is 382 g/mol. The molecule has 5 rings (SSSR count). The Balaban J connectivity index is 1.67. The normalized spacial score (nSPS) is 25.9. The summed E-state index contributed by atoms with van der Waals surface area (Å²) >= 11 is 2.10. The monoisotopic (exact) mass is 412 g/mol. The smallest absolute Gasteiger partial charge is 0.181 e. The summed E-state index contributed by atoms with van der Waals surface area (Å²) in [4.78, 5) is 11.5. The summed E-state index contributed by atoms with van der Waals surface area (Å²) in [5, 5.41) is 0.488. The summed E-state index contributed by atoms with van der Waals surface area (Å²) in [6, 6.07) is 0. The van der Waals surface area contributed by atoms with Crippen LogP contribution in [0.4, 0.5) is 5.69 Å². The highest BCUT2D eigenvalue weighted by Gasteiger charge is 2.33. The number of nitrogens with zero attached hydrogens (tertiary/aromatic N) is 3. The number of hydrogen-bond donors (Lipinski definition) is 0. The Bertz CT molecular complexity index is 793. The molecule has 3 fully saturated rings. The molecule has 2 aromatic rings. The second kappa shape index (κ2) is 9.09. The zero-order chi connectivity index (χ0) is 19.5. The fraction of sp³-hybridized carbons (Fsp3) is 0.652. The molecule has 0 saturated carbocycles. The van der Waals surface area contributed by atoms with Crippen molar-refractivity contribution in [1.82, 2.24) is 9.97 Å². The Hall–Kier alpha value is -1.53. The van der Waals surface area contributed by atoms with Gasteiger partial charge in [0.25, 0.3) is 0 Å². The van der Waals surface area contributed by atoms with E-state index in [9.17, 15) is 0 Å². The number of oxazole rings is 1. The Morgan fingerprint density at radius 3 is 2.62 bits per heavy atom. The molecule has 0 amide bonds. The van der Waals surface area contributed by atoms with Gasteiger partial charge in [-0.3, -0.25) is 0 Å². The Kier molecular flexibility index (Phi) is 6.09. The van der Waals surface area contributed by atoms with Gasteiger partial charge in [-0.2, -0.15) is 11.8 Å². The molecular formula is C23H30N3O2S. The van der Waals surface area contributed by atoms with E-state index in [4.69, 9.17) is 14.1 Å². The van der Waals surface area contributed by atoms with Crippen molar-refractivity contribution in [1.29, 1.82) is 0 Å². The Labute approximate surface area is 177 Å². The minimum atomic E-state index is 0.0898. The predicted molar refractivity (Wildman–Crippen MR) is 116 cm³/mol. The fourth-order valence-corrected chi connectivity index (χ4v) is 6.35. The third kappa shape index (κ3) is 4.06. The number of rotatable bonds is 4. The lowest BCUT2D eigenvalue weighted by Crippen LogP contribution is -2.32. The predicted octanol–water partition coefficient (Wildman–Crippen LogP) is 5.73. The van der Waals surface area contributed by atoms with Crippen molar-refractivity contribution in [2.45, 2.75) is 69.1 Å². The van der Waals surface area contributed by atoms with Gasteiger partial charge in [0.1, 0.15) is 11.9 Å². The summed E-state index contributed by atoms with van der Waals surface area (Å²) in [6.45, 7) is 3.04. The summed E-state index contributed by atoms with van der Waals surface area (Å²) in [5.41, 5.74) is 4.78. The van der Waals surface area contributed by atoms with Crippen molar-refractivity contribution in [3.05, 3.63) is 29.9 Å². The SMILES string of the molecule is [c]1nc(-c2cnco2)c(C2CCCCO2)c(C2CCCCS2)c1N1CCCCC1. The van der Waals surface area contributed by atoms with Gasteiger partial charge in [0.2, 0.25) is 0 Å². The number of piperidine rings is 1. The van der Waals surface area contributed by atoms with E-state index in [0.29, 0.717) is 5.25 Å². The first-order chi connectivity index (χ1) is 14.4. The van der Waals surface area contributed by atoms with Crippen LogP contribution in [-0.2, 0) is 4.74 Å². The van der Waals surface area contributed by atoms with Crippen LogP contribution in [0.5, 0.6) is 0 Å². The first kappa shape index (κ1) is 19.4. The molecule has 2 unspecified atom stereocenters. The lowest BCUT2D eigenvalue weighted by Gasteiger charge is -2.36. The van der Waals surface area contributed by atoms with Gasteiger partial charge >= 0.3 is 0 Å². The van der Waals surface area contributed by atoms with Crippen LogP contribution in [0, 0.1) is 6.20 Å². The number of aromatic nitrogens is 2. The molecule has 5 heterocycles. The maximum atomic E-state index is 6.33. The van der Waals surface area contributed by atoms with Crippen LogP contribution < -0.4 is 4.90 Å². The first-order valence-corrected chi connectivity index (χ1v) is 12.3. The van der Waals surface area contributed by atoms with Crippen molar-refractivity contribution in [2.75, 3.05) is 30.3 Å². The molecule has 5 nitrogen and oxygen atoms in total. The van der Waals surface area contributed by atoms with Crippen LogP contribution in [0.3, 0.4) is 0 Å². The zero-order valence-electron chi connectivity index (χ0n) is 17.1. The van der Waals surface area contributed by atoms with Crippen LogP contribution >= 0.6 is 11.8 Å². The fourth-order valence-electron chi connectivity index (χ4n) is 4.95. The van der Waals surface area contributed by atoms with Crippen LogP contribution in [0.1, 0.15) is 80.3 Å². The van der Waals surface area contributed by atoms with Gasteiger partial charge in [-0.25, -0.2) is 9.97 Å². The molecule has 0 bridgehead atoms. The molecule has 2 atom stereocenters.